The van der Waals surface area contributed by atoms with Crippen molar-refractivity contribution in [3.8, 4) is 0 Å². The topological polar surface area (TPSA) is 121 Å². The fourth-order valence-electron chi connectivity index (χ4n) is 2.12. The van der Waals surface area contributed by atoms with Gasteiger partial charge in [0, 0.05) is 6.42 Å². The Balaban J connectivity index is 2.32. The first-order valence-electron chi connectivity index (χ1n) is 5.89. The van der Waals surface area contributed by atoms with Gasteiger partial charge in [-0.25, -0.2) is 0 Å². The zero-order valence-corrected chi connectivity index (χ0v) is 10.4. The maximum Gasteiger partial charge on any atom is 0.262 e. The number of primary amides is 1. The molecule has 2 N–H and O–H groups in total. The number of benzene rings is 1. The fraction of sp³-hybridized carbons (Fsp3) is 0.231. The van der Waals surface area contributed by atoms with Gasteiger partial charge in [-0.05, 0) is 18.6 Å². The molecule has 104 valence electrons. The Labute approximate surface area is 114 Å². The van der Waals surface area contributed by atoms with Crippen LogP contribution in [0.15, 0.2) is 24.3 Å². The van der Waals surface area contributed by atoms with Gasteiger partial charge < -0.3 is 15.6 Å². The number of amides is 3. The summed E-state index contributed by atoms with van der Waals surface area (Å²) < 4.78 is 0. The third-order valence-electron chi connectivity index (χ3n) is 3.07. The monoisotopic (exact) mass is 275 g/mol. The predicted molar refractivity (Wildman–Crippen MR) is 64.2 cm³/mol. The highest BCUT2D eigenvalue weighted by Gasteiger charge is 2.40. The number of hydrogen-bond acceptors (Lipinski definition) is 5. The van der Waals surface area contributed by atoms with Gasteiger partial charge in [0.05, 0.1) is 23.1 Å². The molecule has 0 saturated heterocycles. The highest BCUT2D eigenvalue weighted by Crippen LogP contribution is 2.25. The van der Waals surface area contributed by atoms with E-state index in [1.165, 1.54) is 12.1 Å². The zero-order chi connectivity index (χ0) is 14.9. The van der Waals surface area contributed by atoms with Crippen LogP contribution < -0.4 is 10.8 Å². The van der Waals surface area contributed by atoms with E-state index in [0.29, 0.717) is 4.90 Å². The normalized spacial score (nSPS) is 15.1. The van der Waals surface area contributed by atoms with Crippen molar-refractivity contribution in [1.82, 2.24) is 4.90 Å². The lowest BCUT2D eigenvalue weighted by Crippen LogP contribution is -2.50. The summed E-state index contributed by atoms with van der Waals surface area (Å²) in [5, 5.41) is 11.1. The number of aliphatic carboxylic acids is 1. The predicted octanol–water partition coefficient (Wildman–Crippen LogP) is -1.33. The number of rotatable bonds is 5. The number of carboxylic acid groups (broad SMARTS) is 1. The molecule has 7 nitrogen and oxygen atoms in total. The summed E-state index contributed by atoms with van der Waals surface area (Å²) in [4.78, 5) is 46.7. The molecule has 1 atom stereocenters. The molecule has 1 heterocycles. The third-order valence-corrected chi connectivity index (χ3v) is 3.07. The third kappa shape index (κ3) is 2.25. The smallest absolute Gasteiger partial charge is 0.262 e. The van der Waals surface area contributed by atoms with Gasteiger partial charge in [0.2, 0.25) is 5.91 Å². The number of nitrogens with two attached hydrogens (primary N) is 1. The van der Waals surface area contributed by atoms with Gasteiger partial charge in [0.25, 0.3) is 11.8 Å². The number of fused-ring (bicyclic) bond motifs is 1. The second kappa shape index (κ2) is 5.12. The molecule has 0 unspecified atom stereocenters. The lowest BCUT2D eigenvalue weighted by atomic mass is 10.1. The van der Waals surface area contributed by atoms with Gasteiger partial charge >= 0.3 is 0 Å². The SMILES string of the molecule is NC(=O)CC[C@@H](C(=O)[O-])N1C(=O)c2ccccc2C1=O. The number of carboxylic acids is 1. The molecular weight excluding hydrogens is 264 g/mol. The summed E-state index contributed by atoms with van der Waals surface area (Å²) >= 11 is 0. The molecule has 1 aromatic carbocycles. The van der Waals surface area contributed by atoms with Crippen LogP contribution in [0.4, 0.5) is 0 Å². The molecule has 7 heteroatoms. The second-order valence-corrected chi connectivity index (χ2v) is 4.37. The van der Waals surface area contributed by atoms with E-state index in [9.17, 15) is 24.3 Å². The first-order chi connectivity index (χ1) is 9.43. The Kier molecular flexibility index (Phi) is 3.51. The highest BCUT2D eigenvalue weighted by atomic mass is 16.4. The summed E-state index contributed by atoms with van der Waals surface area (Å²) in [5.41, 5.74) is 5.24. The Morgan fingerprint density at radius 2 is 1.65 bits per heavy atom. The van der Waals surface area contributed by atoms with E-state index in [2.05, 4.69) is 0 Å². The minimum Gasteiger partial charge on any atom is -0.548 e. The number of imide groups is 1. The van der Waals surface area contributed by atoms with E-state index in [1.54, 1.807) is 12.1 Å². The maximum absolute atomic E-state index is 12.1. The largest absolute Gasteiger partial charge is 0.548 e. The van der Waals surface area contributed by atoms with E-state index in [-0.39, 0.29) is 24.0 Å². The zero-order valence-electron chi connectivity index (χ0n) is 10.4. The van der Waals surface area contributed by atoms with E-state index in [4.69, 9.17) is 5.73 Å². The van der Waals surface area contributed by atoms with Crippen LogP contribution in [0.2, 0.25) is 0 Å². The van der Waals surface area contributed by atoms with Crippen LogP contribution in [0.1, 0.15) is 33.6 Å². The Morgan fingerprint density at radius 1 is 1.15 bits per heavy atom. The summed E-state index contributed by atoms with van der Waals surface area (Å²) in [7, 11) is 0. The molecule has 1 aromatic rings. The Hall–Kier alpha value is -2.70. The average Bonchev–Trinajstić information content (AvgIpc) is 2.64. The number of nitrogens with zero attached hydrogens (tertiary/aromatic N) is 1. The molecule has 0 saturated carbocycles. The summed E-state index contributed by atoms with van der Waals surface area (Å²) in [6.45, 7) is 0. The molecular formula is C13H11N2O5-. The van der Waals surface area contributed by atoms with Crippen LogP contribution >= 0.6 is 0 Å². The number of carbonyl (C=O) groups excluding carboxylic acids is 4. The summed E-state index contributed by atoms with van der Waals surface area (Å²) in [6, 6.07) is 4.52. The van der Waals surface area contributed by atoms with Crippen molar-refractivity contribution in [3.63, 3.8) is 0 Å². The average molecular weight is 275 g/mol. The highest BCUT2D eigenvalue weighted by molar-refractivity contribution is 6.22. The van der Waals surface area contributed by atoms with E-state index in [1.807, 2.05) is 0 Å². The Morgan fingerprint density at radius 3 is 2.05 bits per heavy atom. The van der Waals surface area contributed by atoms with Crippen molar-refractivity contribution >= 4 is 23.7 Å². The molecule has 3 amide bonds. The molecule has 0 radical (unpaired) electrons. The lowest BCUT2D eigenvalue weighted by molar-refractivity contribution is -0.310. The van der Waals surface area contributed by atoms with Gasteiger partial charge in [-0.1, -0.05) is 12.1 Å². The van der Waals surface area contributed by atoms with E-state index in [0.717, 1.165) is 0 Å². The van der Waals surface area contributed by atoms with Crippen LogP contribution in [0.5, 0.6) is 0 Å². The fourth-order valence-corrected chi connectivity index (χ4v) is 2.12. The first kappa shape index (κ1) is 13.7. The van der Waals surface area contributed by atoms with Crippen molar-refractivity contribution < 1.29 is 24.3 Å². The van der Waals surface area contributed by atoms with Gasteiger partial charge in [0.1, 0.15) is 0 Å². The molecule has 0 aliphatic carbocycles. The summed E-state index contributed by atoms with van der Waals surface area (Å²) in [5.74, 6) is -3.72. The molecule has 0 spiro atoms. The van der Waals surface area contributed by atoms with Crippen LogP contribution in [-0.2, 0) is 9.59 Å². The molecule has 1 aliphatic rings. The van der Waals surface area contributed by atoms with Crippen molar-refractivity contribution in [2.24, 2.45) is 5.73 Å². The van der Waals surface area contributed by atoms with Gasteiger partial charge in [-0.2, -0.15) is 0 Å². The minimum absolute atomic E-state index is 0.142. The number of hydrogen-bond donors (Lipinski definition) is 1. The van der Waals surface area contributed by atoms with Gasteiger partial charge in [-0.15, -0.1) is 0 Å². The van der Waals surface area contributed by atoms with Crippen LogP contribution in [0.25, 0.3) is 0 Å². The van der Waals surface area contributed by atoms with Crippen molar-refractivity contribution in [1.29, 1.82) is 0 Å². The standard InChI is InChI=1S/C13H12N2O5/c14-10(16)6-5-9(13(19)20)15-11(17)7-3-1-2-4-8(7)12(15)18/h1-4,9H,5-6H2,(H2,14,16)(H,19,20)/p-1/t9-/m0/s1. The van der Waals surface area contributed by atoms with Crippen molar-refractivity contribution in [2.75, 3.05) is 0 Å². The van der Waals surface area contributed by atoms with Gasteiger partial charge in [0.15, 0.2) is 0 Å². The molecule has 2 rings (SSSR count). The van der Waals surface area contributed by atoms with Gasteiger partial charge in [-0.3, -0.25) is 19.3 Å². The van der Waals surface area contributed by atoms with Crippen LogP contribution in [-0.4, -0.2) is 34.6 Å². The lowest BCUT2D eigenvalue weighted by Gasteiger charge is -2.26. The minimum atomic E-state index is -1.60. The quantitative estimate of drug-likeness (QED) is 0.667. The van der Waals surface area contributed by atoms with Crippen LogP contribution in [0.3, 0.4) is 0 Å². The van der Waals surface area contributed by atoms with Crippen molar-refractivity contribution in [3.05, 3.63) is 35.4 Å². The molecule has 1 aliphatic heterocycles. The van der Waals surface area contributed by atoms with Crippen molar-refractivity contribution in [2.45, 2.75) is 18.9 Å². The summed E-state index contributed by atoms with van der Waals surface area (Å²) in [6.07, 6.45) is -0.519. The van der Waals surface area contributed by atoms with Crippen LogP contribution in [0, 0.1) is 0 Å². The molecule has 0 aromatic heterocycles. The van der Waals surface area contributed by atoms with E-state index < -0.39 is 29.7 Å². The Bertz CT molecular complexity index is 576. The maximum atomic E-state index is 12.1. The molecule has 0 bridgehead atoms. The van der Waals surface area contributed by atoms with E-state index >= 15 is 0 Å². The number of carbonyl (C=O) groups is 4. The molecule has 0 fully saturated rings. The molecule has 20 heavy (non-hydrogen) atoms. The second-order valence-electron chi connectivity index (χ2n) is 4.37. The first-order valence-corrected chi connectivity index (χ1v) is 5.89.